The third-order valence-corrected chi connectivity index (χ3v) is 5.53. The van der Waals surface area contributed by atoms with Crippen LogP contribution in [0.1, 0.15) is 11.1 Å². The van der Waals surface area contributed by atoms with Crippen molar-refractivity contribution in [3.63, 3.8) is 0 Å². The Morgan fingerprint density at radius 2 is 1.76 bits per heavy atom. The summed E-state index contributed by atoms with van der Waals surface area (Å²) >= 11 is 0. The van der Waals surface area contributed by atoms with E-state index in [1.165, 1.54) is 6.07 Å². The van der Waals surface area contributed by atoms with Crippen LogP contribution in [0.3, 0.4) is 0 Å². The van der Waals surface area contributed by atoms with E-state index >= 15 is 0 Å². The molecule has 0 unspecified atom stereocenters. The molecule has 0 fully saturated rings. The second-order valence-electron chi connectivity index (χ2n) is 5.38. The van der Waals surface area contributed by atoms with E-state index in [9.17, 15) is 23.3 Å². The summed E-state index contributed by atoms with van der Waals surface area (Å²) in [6, 6.07) is 9.26. The number of nitrogens with zero attached hydrogens (tertiary/aromatic N) is 2. The SMILES string of the molecule is Cc1cccc(N(CC(=O)O)S(=O)(=O)c2ccc([N+](=O)[O-])cc2)c1C. The van der Waals surface area contributed by atoms with E-state index in [1.54, 1.807) is 26.0 Å². The Bertz CT molecular complexity index is 922. The Kier molecular flexibility index (Phi) is 5.07. The van der Waals surface area contributed by atoms with Gasteiger partial charge in [0, 0.05) is 12.1 Å². The van der Waals surface area contributed by atoms with Gasteiger partial charge in [-0.2, -0.15) is 0 Å². The first kappa shape index (κ1) is 18.4. The molecule has 0 amide bonds. The fourth-order valence-corrected chi connectivity index (χ4v) is 3.77. The van der Waals surface area contributed by atoms with Crippen LogP contribution in [0.4, 0.5) is 11.4 Å². The van der Waals surface area contributed by atoms with E-state index in [1.807, 2.05) is 0 Å². The number of hydrogen-bond donors (Lipinski definition) is 1. The smallest absolute Gasteiger partial charge is 0.324 e. The Morgan fingerprint density at radius 1 is 1.16 bits per heavy atom. The van der Waals surface area contributed by atoms with Crippen LogP contribution in [-0.2, 0) is 14.8 Å². The monoisotopic (exact) mass is 364 g/mol. The molecule has 25 heavy (non-hydrogen) atoms. The lowest BCUT2D eigenvalue weighted by atomic mass is 10.1. The predicted octanol–water partition coefficient (Wildman–Crippen LogP) is 2.49. The standard InChI is InChI=1S/C16H16N2O6S/c1-11-4-3-5-15(12(11)2)17(10-16(19)20)25(23,24)14-8-6-13(7-9-14)18(21)22/h3-9H,10H2,1-2H3,(H,19,20). The van der Waals surface area contributed by atoms with Gasteiger partial charge in [-0.25, -0.2) is 8.42 Å². The molecule has 9 heteroatoms. The van der Waals surface area contributed by atoms with Crippen LogP contribution in [0.5, 0.6) is 0 Å². The van der Waals surface area contributed by atoms with E-state index in [4.69, 9.17) is 5.11 Å². The number of benzene rings is 2. The zero-order valence-electron chi connectivity index (χ0n) is 13.5. The second-order valence-corrected chi connectivity index (χ2v) is 7.24. The second kappa shape index (κ2) is 6.89. The fraction of sp³-hybridized carbons (Fsp3) is 0.188. The van der Waals surface area contributed by atoms with Crippen molar-refractivity contribution >= 4 is 27.4 Å². The molecule has 0 aliphatic rings. The molecule has 0 aromatic heterocycles. The maximum atomic E-state index is 12.9. The number of non-ortho nitro benzene ring substituents is 1. The molecule has 132 valence electrons. The molecule has 0 aliphatic heterocycles. The number of rotatable bonds is 6. The van der Waals surface area contributed by atoms with Gasteiger partial charge in [-0.1, -0.05) is 12.1 Å². The van der Waals surface area contributed by atoms with E-state index in [0.717, 1.165) is 34.1 Å². The van der Waals surface area contributed by atoms with Gasteiger partial charge in [0.05, 0.1) is 15.5 Å². The van der Waals surface area contributed by atoms with Gasteiger partial charge in [-0.3, -0.25) is 19.2 Å². The number of carbonyl (C=O) groups is 1. The average Bonchev–Trinajstić information content (AvgIpc) is 2.55. The minimum Gasteiger partial charge on any atom is -0.480 e. The van der Waals surface area contributed by atoms with E-state index < -0.39 is 27.5 Å². The molecule has 0 bridgehead atoms. The molecule has 0 spiro atoms. The van der Waals surface area contributed by atoms with Gasteiger partial charge in [0.15, 0.2) is 0 Å². The number of carboxylic acids is 1. The minimum absolute atomic E-state index is 0.222. The number of aryl methyl sites for hydroxylation is 1. The summed E-state index contributed by atoms with van der Waals surface area (Å²) in [5.74, 6) is -1.31. The minimum atomic E-state index is -4.20. The van der Waals surface area contributed by atoms with Crippen molar-refractivity contribution in [3.8, 4) is 0 Å². The normalized spacial score (nSPS) is 11.1. The maximum absolute atomic E-state index is 12.9. The number of carboxylic acid groups (broad SMARTS) is 1. The first-order valence-corrected chi connectivity index (χ1v) is 8.64. The van der Waals surface area contributed by atoms with Crippen LogP contribution in [0, 0.1) is 24.0 Å². The Morgan fingerprint density at radius 3 is 2.28 bits per heavy atom. The van der Waals surface area contributed by atoms with Crippen LogP contribution in [0.2, 0.25) is 0 Å². The highest BCUT2D eigenvalue weighted by Gasteiger charge is 2.28. The van der Waals surface area contributed by atoms with Gasteiger partial charge in [-0.05, 0) is 43.2 Å². The number of sulfonamides is 1. The highest BCUT2D eigenvalue weighted by Crippen LogP contribution is 2.29. The van der Waals surface area contributed by atoms with Crippen LogP contribution in [-0.4, -0.2) is 31.0 Å². The summed E-state index contributed by atoms with van der Waals surface area (Å²) in [6.45, 7) is 2.73. The van der Waals surface area contributed by atoms with E-state index in [0.29, 0.717) is 5.56 Å². The summed E-state index contributed by atoms with van der Waals surface area (Å²) < 4.78 is 26.6. The summed E-state index contributed by atoms with van der Waals surface area (Å²) in [5, 5.41) is 19.8. The van der Waals surface area contributed by atoms with Crippen molar-refractivity contribution in [2.45, 2.75) is 18.7 Å². The lowest BCUT2D eigenvalue weighted by Crippen LogP contribution is -2.36. The van der Waals surface area contributed by atoms with Crippen molar-refractivity contribution in [2.24, 2.45) is 0 Å². The highest BCUT2D eigenvalue weighted by molar-refractivity contribution is 7.92. The maximum Gasteiger partial charge on any atom is 0.324 e. The van der Waals surface area contributed by atoms with Crippen molar-refractivity contribution in [2.75, 3.05) is 10.8 Å². The molecule has 0 saturated carbocycles. The lowest BCUT2D eigenvalue weighted by molar-refractivity contribution is -0.384. The molecule has 2 rings (SSSR count). The summed E-state index contributed by atoms with van der Waals surface area (Å²) in [7, 11) is -4.20. The zero-order valence-corrected chi connectivity index (χ0v) is 14.4. The molecule has 2 aromatic rings. The van der Waals surface area contributed by atoms with E-state index in [2.05, 4.69) is 0 Å². The summed E-state index contributed by atoms with van der Waals surface area (Å²) in [6.07, 6.45) is 0. The highest BCUT2D eigenvalue weighted by atomic mass is 32.2. The Labute approximate surface area is 144 Å². The van der Waals surface area contributed by atoms with Crippen LogP contribution in [0.15, 0.2) is 47.4 Å². The average molecular weight is 364 g/mol. The van der Waals surface area contributed by atoms with Crippen molar-refractivity contribution < 1.29 is 23.2 Å². The molecule has 1 N–H and O–H groups in total. The molecule has 0 radical (unpaired) electrons. The predicted molar refractivity (Wildman–Crippen MR) is 91.2 cm³/mol. The first-order chi connectivity index (χ1) is 11.6. The molecule has 2 aromatic carbocycles. The fourth-order valence-electron chi connectivity index (χ4n) is 2.30. The quantitative estimate of drug-likeness (QED) is 0.621. The Hall–Kier alpha value is -2.94. The molecular formula is C16H16N2O6S. The number of nitro benzene ring substituents is 1. The van der Waals surface area contributed by atoms with Gasteiger partial charge in [0.1, 0.15) is 6.54 Å². The molecule has 0 heterocycles. The Balaban J connectivity index is 2.58. The van der Waals surface area contributed by atoms with Gasteiger partial charge >= 0.3 is 5.97 Å². The van der Waals surface area contributed by atoms with E-state index in [-0.39, 0.29) is 16.3 Å². The number of aliphatic carboxylic acids is 1. The number of nitro groups is 1. The third kappa shape index (κ3) is 3.77. The van der Waals surface area contributed by atoms with Crippen LogP contribution < -0.4 is 4.31 Å². The van der Waals surface area contributed by atoms with Gasteiger partial charge in [0.2, 0.25) is 0 Å². The summed E-state index contributed by atoms with van der Waals surface area (Å²) in [5.41, 5.74) is 1.44. The van der Waals surface area contributed by atoms with Gasteiger partial charge in [-0.15, -0.1) is 0 Å². The van der Waals surface area contributed by atoms with Crippen LogP contribution >= 0.6 is 0 Å². The zero-order chi connectivity index (χ0) is 18.8. The van der Waals surface area contributed by atoms with Crippen molar-refractivity contribution in [1.82, 2.24) is 0 Å². The number of hydrogen-bond acceptors (Lipinski definition) is 5. The number of anilines is 1. The summed E-state index contributed by atoms with van der Waals surface area (Å²) in [4.78, 5) is 21.1. The third-order valence-electron chi connectivity index (χ3n) is 3.76. The largest absolute Gasteiger partial charge is 0.480 e. The molecule has 0 saturated heterocycles. The lowest BCUT2D eigenvalue weighted by Gasteiger charge is -2.25. The molecule has 0 aliphatic carbocycles. The first-order valence-electron chi connectivity index (χ1n) is 7.20. The van der Waals surface area contributed by atoms with Crippen molar-refractivity contribution in [1.29, 1.82) is 0 Å². The van der Waals surface area contributed by atoms with Gasteiger partial charge < -0.3 is 5.11 Å². The molecule has 0 atom stereocenters. The van der Waals surface area contributed by atoms with Crippen LogP contribution in [0.25, 0.3) is 0 Å². The van der Waals surface area contributed by atoms with Crippen molar-refractivity contribution in [3.05, 3.63) is 63.7 Å². The molecule has 8 nitrogen and oxygen atoms in total. The van der Waals surface area contributed by atoms with Gasteiger partial charge in [0.25, 0.3) is 15.7 Å². The molecular weight excluding hydrogens is 348 g/mol. The topological polar surface area (TPSA) is 118 Å².